The average Bonchev–Trinajstić information content (AvgIpc) is 2.95. The lowest BCUT2D eigenvalue weighted by atomic mass is 10.1. The van der Waals surface area contributed by atoms with Crippen LogP contribution in [0, 0.1) is 0 Å². The molecule has 0 saturated heterocycles. The fourth-order valence-electron chi connectivity index (χ4n) is 2.13. The van der Waals surface area contributed by atoms with Crippen molar-refractivity contribution in [1.29, 1.82) is 0 Å². The number of halogens is 1. The molecule has 0 aliphatic rings. The third kappa shape index (κ3) is 2.69. The predicted molar refractivity (Wildman–Crippen MR) is 89.0 cm³/mol. The summed E-state index contributed by atoms with van der Waals surface area (Å²) in [5.41, 5.74) is 1.52. The summed E-state index contributed by atoms with van der Waals surface area (Å²) in [5.74, 6) is -0.483. The third-order valence-electron chi connectivity index (χ3n) is 3.24. The Balaban J connectivity index is 2.16. The van der Waals surface area contributed by atoms with Gasteiger partial charge in [-0.05, 0) is 17.7 Å². The van der Waals surface area contributed by atoms with E-state index >= 15 is 0 Å². The summed E-state index contributed by atoms with van der Waals surface area (Å²) in [6.45, 7) is -0.145. The van der Waals surface area contributed by atoms with E-state index in [9.17, 15) is 9.59 Å². The number of methoxy groups -OCH3 is 1. The number of hydrogen-bond donors (Lipinski definition) is 0. The lowest BCUT2D eigenvalue weighted by molar-refractivity contribution is -0.141. The van der Waals surface area contributed by atoms with Gasteiger partial charge in [0.1, 0.15) is 11.4 Å². The summed E-state index contributed by atoms with van der Waals surface area (Å²) in [6, 6.07) is 7.70. The van der Waals surface area contributed by atoms with Crippen LogP contribution in [0.3, 0.4) is 0 Å². The second kappa shape index (κ2) is 6.02. The van der Waals surface area contributed by atoms with E-state index in [1.165, 1.54) is 29.3 Å². The van der Waals surface area contributed by atoms with Gasteiger partial charge in [0.25, 0.3) is 5.56 Å². The van der Waals surface area contributed by atoms with Crippen LogP contribution in [-0.2, 0) is 16.1 Å². The first-order valence-electron chi connectivity index (χ1n) is 6.39. The summed E-state index contributed by atoms with van der Waals surface area (Å²) < 4.78 is 6.84. The van der Waals surface area contributed by atoms with Gasteiger partial charge in [-0.3, -0.25) is 14.2 Å². The van der Waals surface area contributed by atoms with E-state index in [0.29, 0.717) is 10.2 Å². The zero-order valence-electron chi connectivity index (χ0n) is 11.6. The molecule has 0 radical (unpaired) electrons. The van der Waals surface area contributed by atoms with E-state index in [1.807, 2.05) is 29.6 Å². The monoisotopic (exact) mass is 378 g/mol. The van der Waals surface area contributed by atoms with Crippen LogP contribution in [0.5, 0.6) is 0 Å². The number of rotatable bonds is 3. The van der Waals surface area contributed by atoms with Crippen molar-refractivity contribution in [3.05, 3.63) is 50.8 Å². The van der Waals surface area contributed by atoms with Crippen molar-refractivity contribution >= 4 is 43.5 Å². The SMILES string of the molecule is COC(=O)Cn1cnc2scc(-c3ccc(Br)cc3)c2c1=O. The molecule has 22 heavy (non-hydrogen) atoms. The van der Waals surface area contributed by atoms with Gasteiger partial charge in [-0.25, -0.2) is 4.98 Å². The highest BCUT2D eigenvalue weighted by atomic mass is 79.9. The Labute approximate surface area is 138 Å². The summed E-state index contributed by atoms with van der Waals surface area (Å²) in [6.07, 6.45) is 1.38. The number of esters is 1. The Hall–Kier alpha value is -1.99. The standard InChI is InChI=1S/C15H11BrN2O3S/c1-21-12(19)6-18-8-17-14-13(15(18)20)11(7-22-14)9-2-4-10(16)5-3-9/h2-5,7-8H,6H2,1H3. The zero-order valence-corrected chi connectivity index (χ0v) is 14.0. The smallest absolute Gasteiger partial charge is 0.325 e. The fourth-order valence-corrected chi connectivity index (χ4v) is 3.30. The molecule has 1 aromatic carbocycles. The van der Waals surface area contributed by atoms with Crippen molar-refractivity contribution in [2.24, 2.45) is 0 Å². The molecular weight excluding hydrogens is 368 g/mol. The van der Waals surface area contributed by atoms with Gasteiger partial charge < -0.3 is 4.74 Å². The fraction of sp³-hybridized carbons (Fsp3) is 0.133. The Kier molecular flexibility index (Phi) is 4.08. The molecule has 2 aromatic heterocycles. The van der Waals surface area contributed by atoms with Crippen molar-refractivity contribution in [3.63, 3.8) is 0 Å². The molecule has 0 spiro atoms. The predicted octanol–water partition coefficient (Wildman–Crippen LogP) is 3.06. The molecule has 0 aliphatic carbocycles. The minimum absolute atomic E-state index is 0.145. The van der Waals surface area contributed by atoms with Crippen LogP contribution in [0.15, 0.2) is 45.2 Å². The van der Waals surface area contributed by atoms with E-state index in [0.717, 1.165) is 15.6 Å². The highest BCUT2D eigenvalue weighted by molar-refractivity contribution is 9.10. The van der Waals surface area contributed by atoms with Gasteiger partial charge in [0.15, 0.2) is 0 Å². The number of hydrogen-bond acceptors (Lipinski definition) is 5. The molecule has 112 valence electrons. The molecule has 3 aromatic rings. The van der Waals surface area contributed by atoms with E-state index in [1.54, 1.807) is 0 Å². The summed E-state index contributed by atoms with van der Waals surface area (Å²) in [5, 5.41) is 2.43. The molecule has 0 unspecified atom stereocenters. The maximum absolute atomic E-state index is 12.6. The molecular formula is C15H11BrN2O3S. The molecule has 3 rings (SSSR count). The molecule has 2 heterocycles. The zero-order chi connectivity index (χ0) is 15.7. The van der Waals surface area contributed by atoms with Crippen LogP contribution in [0.4, 0.5) is 0 Å². The highest BCUT2D eigenvalue weighted by Crippen LogP contribution is 2.31. The van der Waals surface area contributed by atoms with Crippen molar-refractivity contribution in [2.45, 2.75) is 6.54 Å². The van der Waals surface area contributed by atoms with E-state index in [-0.39, 0.29) is 12.1 Å². The Morgan fingerprint density at radius 3 is 2.77 bits per heavy atom. The van der Waals surface area contributed by atoms with Crippen LogP contribution in [0.2, 0.25) is 0 Å². The molecule has 0 saturated carbocycles. The topological polar surface area (TPSA) is 61.2 Å². The lowest BCUT2D eigenvalue weighted by Crippen LogP contribution is -2.25. The van der Waals surface area contributed by atoms with Crippen molar-refractivity contribution in [3.8, 4) is 11.1 Å². The summed E-state index contributed by atoms with van der Waals surface area (Å²) in [7, 11) is 1.29. The Bertz CT molecular complexity index is 899. The number of benzene rings is 1. The second-order valence-corrected chi connectivity index (χ2v) is 6.36. The van der Waals surface area contributed by atoms with Gasteiger partial charge in [0.05, 0.1) is 18.8 Å². The largest absolute Gasteiger partial charge is 0.468 e. The molecule has 7 heteroatoms. The van der Waals surface area contributed by atoms with Gasteiger partial charge in [0, 0.05) is 15.4 Å². The molecule has 0 N–H and O–H groups in total. The normalized spacial score (nSPS) is 10.8. The lowest BCUT2D eigenvalue weighted by Gasteiger charge is -2.05. The summed E-state index contributed by atoms with van der Waals surface area (Å²) in [4.78, 5) is 28.9. The number of carbonyl (C=O) groups is 1. The molecule has 0 amide bonds. The van der Waals surface area contributed by atoms with Crippen molar-refractivity contribution < 1.29 is 9.53 Å². The number of nitrogens with zero attached hydrogens (tertiary/aromatic N) is 2. The van der Waals surface area contributed by atoms with Crippen LogP contribution in [0.1, 0.15) is 0 Å². The Morgan fingerprint density at radius 2 is 2.09 bits per heavy atom. The van der Waals surface area contributed by atoms with Gasteiger partial charge in [-0.15, -0.1) is 11.3 Å². The average molecular weight is 379 g/mol. The molecule has 0 atom stereocenters. The third-order valence-corrected chi connectivity index (χ3v) is 4.66. The van der Waals surface area contributed by atoms with Gasteiger partial charge in [0.2, 0.25) is 0 Å². The molecule has 5 nitrogen and oxygen atoms in total. The van der Waals surface area contributed by atoms with Crippen LogP contribution >= 0.6 is 27.3 Å². The number of fused-ring (bicyclic) bond motifs is 1. The first kappa shape index (κ1) is 14.9. The molecule has 0 aliphatic heterocycles. The first-order valence-corrected chi connectivity index (χ1v) is 8.07. The minimum Gasteiger partial charge on any atom is -0.468 e. The number of ether oxygens (including phenoxy) is 1. The second-order valence-electron chi connectivity index (χ2n) is 4.59. The quantitative estimate of drug-likeness (QED) is 0.657. The number of aromatic nitrogens is 2. The van der Waals surface area contributed by atoms with Crippen LogP contribution in [-0.4, -0.2) is 22.6 Å². The van der Waals surface area contributed by atoms with Gasteiger partial charge in [-0.2, -0.15) is 0 Å². The minimum atomic E-state index is -0.483. The molecule has 0 fully saturated rings. The number of carbonyl (C=O) groups excluding carboxylic acids is 1. The van der Waals surface area contributed by atoms with Crippen molar-refractivity contribution in [1.82, 2.24) is 9.55 Å². The van der Waals surface area contributed by atoms with E-state index in [4.69, 9.17) is 0 Å². The highest BCUT2D eigenvalue weighted by Gasteiger charge is 2.14. The van der Waals surface area contributed by atoms with E-state index < -0.39 is 5.97 Å². The van der Waals surface area contributed by atoms with E-state index in [2.05, 4.69) is 25.7 Å². The molecule has 0 bridgehead atoms. The number of thiophene rings is 1. The maximum atomic E-state index is 12.6. The summed E-state index contributed by atoms with van der Waals surface area (Å²) >= 11 is 4.80. The van der Waals surface area contributed by atoms with Gasteiger partial charge >= 0.3 is 5.97 Å². The maximum Gasteiger partial charge on any atom is 0.325 e. The van der Waals surface area contributed by atoms with Crippen LogP contribution < -0.4 is 5.56 Å². The van der Waals surface area contributed by atoms with Gasteiger partial charge in [-0.1, -0.05) is 28.1 Å². The first-order chi connectivity index (χ1) is 10.6. The Morgan fingerprint density at radius 1 is 1.36 bits per heavy atom. The van der Waals surface area contributed by atoms with Crippen LogP contribution in [0.25, 0.3) is 21.3 Å². The van der Waals surface area contributed by atoms with Crippen molar-refractivity contribution in [2.75, 3.05) is 7.11 Å².